The monoisotopic (exact) mass is 275 g/mol. The summed E-state index contributed by atoms with van der Waals surface area (Å²) in [6, 6.07) is 4.28. The molecular formula is C12H15Cl2NO2. The van der Waals surface area contributed by atoms with Crippen molar-refractivity contribution < 1.29 is 9.90 Å². The molecule has 1 rings (SSSR count). The van der Waals surface area contributed by atoms with E-state index in [0.717, 1.165) is 0 Å². The fraction of sp³-hybridized carbons (Fsp3) is 0.417. The molecule has 1 aromatic carbocycles. The molecule has 1 N–H and O–H groups in total. The van der Waals surface area contributed by atoms with Crippen LogP contribution in [-0.4, -0.2) is 34.4 Å². The Morgan fingerprint density at radius 1 is 1.47 bits per heavy atom. The largest absolute Gasteiger partial charge is 0.508 e. The van der Waals surface area contributed by atoms with Gasteiger partial charge < -0.3 is 10.0 Å². The van der Waals surface area contributed by atoms with Crippen molar-refractivity contribution in [2.75, 3.05) is 12.9 Å². The molecule has 0 bridgehead atoms. The van der Waals surface area contributed by atoms with E-state index in [1.54, 1.807) is 7.05 Å². The highest BCUT2D eigenvalue weighted by molar-refractivity contribution is 6.33. The molecule has 0 aromatic heterocycles. The first-order chi connectivity index (χ1) is 7.79. The van der Waals surface area contributed by atoms with Crippen molar-refractivity contribution >= 4 is 29.1 Å². The number of amides is 1. The summed E-state index contributed by atoms with van der Waals surface area (Å²) in [4.78, 5) is 13.7. The second-order valence-electron chi connectivity index (χ2n) is 4.47. The topological polar surface area (TPSA) is 40.5 Å². The zero-order valence-corrected chi connectivity index (χ0v) is 11.5. The van der Waals surface area contributed by atoms with Gasteiger partial charge in [0.2, 0.25) is 0 Å². The lowest BCUT2D eigenvalue weighted by molar-refractivity contribution is 0.0660. The van der Waals surface area contributed by atoms with Crippen LogP contribution in [0.1, 0.15) is 24.2 Å². The lowest BCUT2D eigenvalue weighted by atomic mass is 10.0. The summed E-state index contributed by atoms with van der Waals surface area (Å²) in [7, 11) is 1.66. The maximum absolute atomic E-state index is 12.2. The molecule has 94 valence electrons. The van der Waals surface area contributed by atoms with Crippen LogP contribution in [0.15, 0.2) is 18.2 Å². The van der Waals surface area contributed by atoms with Gasteiger partial charge in [-0.05, 0) is 32.0 Å². The Labute approximate surface area is 111 Å². The summed E-state index contributed by atoms with van der Waals surface area (Å²) in [5, 5.41) is 9.68. The average Bonchev–Trinajstić information content (AvgIpc) is 2.30. The van der Waals surface area contributed by atoms with E-state index in [-0.39, 0.29) is 17.2 Å². The maximum atomic E-state index is 12.2. The Morgan fingerprint density at radius 2 is 2.06 bits per heavy atom. The van der Waals surface area contributed by atoms with Gasteiger partial charge in [0.05, 0.1) is 16.1 Å². The zero-order valence-electron chi connectivity index (χ0n) is 10.00. The van der Waals surface area contributed by atoms with Gasteiger partial charge in [0.1, 0.15) is 5.75 Å². The number of aromatic hydroxyl groups is 1. The Balaban J connectivity index is 3.08. The number of phenols is 1. The quantitative estimate of drug-likeness (QED) is 0.861. The molecule has 5 heteroatoms. The fourth-order valence-corrected chi connectivity index (χ4v) is 1.60. The van der Waals surface area contributed by atoms with Gasteiger partial charge in [-0.2, -0.15) is 0 Å². The highest BCUT2D eigenvalue weighted by atomic mass is 35.5. The molecule has 0 atom stereocenters. The van der Waals surface area contributed by atoms with Crippen LogP contribution in [0.2, 0.25) is 5.02 Å². The fourth-order valence-electron chi connectivity index (χ4n) is 1.22. The minimum atomic E-state index is -0.479. The molecule has 0 saturated heterocycles. The van der Waals surface area contributed by atoms with Gasteiger partial charge in [-0.25, -0.2) is 0 Å². The van der Waals surface area contributed by atoms with Crippen LogP contribution in [-0.2, 0) is 0 Å². The van der Waals surface area contributed by atoms with Crippen LogP contribution in [0.5, 0.6) is 5.75 Å². The second-order valence-corrected chi connectivity index (χ2v) is 5.15. The number of hydrogen-bond donors (Lipinski definition) is 1. The van der Waals surface area contributed by atoms with Crippen molar-refractivity contribution in [2.45, 2.75) is 19.4 Å². The first kappa shape index (κ1) is 14.1. The Bertz CT molecular complexity index is 433. The number of alkyl halides is 1. The summed E-state index contributed by atoms with van der Waals surface area (Å²) in [6.45, 7) is 3.71. The van der Waals surface area contributed by atoms with E-state index in [0.29, 0.717) is 10.9 Å². The normalized spacial score (nSPS) is 11.4. The number of carbonyl (C=O) groups is 1. The van der Waals surface area contributed by atoms with Crippen LogP contribution >= 0.6 is 23.2 Å². The van der Waals surface area contributed by atoms with Crippen molar-refractivity contribution in [1.29, 1.82) is 0 Å². The highest BCUT2D eigenvalue weighted by Gasteiger charge is 2.28. The maximum Gasteiger partial charge on any atom is 0.255 e. The van der Waals surface area contributed by atoms with Crippen LogP contribution in [0.4, 0.5) is 0 Å². The third-order valence-corrected chi connectivity index (χ3v) is 3.70. The molecule has 0 radical (unpaired) electrons. The highest BCUT2D eigenvalue weighted by Crippen LogP contribution is 2.25. The minimum absolute atomic E-state index is 0.00910. The van der Waals surface area contributed by atoms with Gasteiger partial charge in [0, 0.05) is 12.9 Å². The molecule has 3 nitrogen and oxygen atoms in total. The van der Waals surface area contributed by atoms with Crippen molar-refractivity contribution in [3.63, 3.8) is 0 Å². The smallest absolute Gasteiger partial charge is 0.255 e. The van der Waals surface area contributed by atoms with Crippen molar-refractivity contribution in [3.8, 4) is 5.75 Å². The number of nitrogens with zero attached hydrogens (tertiary/aromatic N) is 1. The number of halogens is 2. The molecule has 1 aromatic rings. The lowest BCUT2D eigenvalue weighted by Gasteiger charge is -2.34. The Hall–Kier alpha value is -0.930. The molecule has 0 unspecified atom stereocenters. The SMILES string of the molecule is CN(C(=O)c1cc(O)ccc1Cl)C(C)(C)CCl. The third-order valence-electron chi connectivity index (χ3n) is 2.72. The van der Waals surface area contributed by atoms with Crippen molar-refractivity contribution in [1.82, 2.24) is 4.90 Å². The van der Waals surface area contributed by atoms with E-state index in [2.05, 4.69) is 0 Å². The number of phenolic OH excluding ortho intramolecular Hbond substituents is 1. The molecule has 0 aliphatic heterocycles. The third kappa shape index (κ3) is 3.05. The molecule has 0 fully saturated rings. The number of benzene rings is 1. The van der Waals surface area contributed by atoms with Gasteiger partial charge in [-0.15, -0.1) is 11.6 Å². The first-order valence-electron chi connectivity index (χ1n) is 5.12. The van der Waals surface area contributed by atoms with E-state index < -0.39 is 5.54 Å². The van der Waals surface area contributed by atoms with E-state index in [1.807, 2.05) is 13.8 Å². The summed E-state index contributed by atoms with van der Waals surface area (Å²) in [5.74, 6) is 0.0532. The molecule has 0 aliphatic rings. The average molecular weight is 276 g/mol. The van der Waals surface area contributed by atoms with Crippen molar-refractivity contribution in [2.24, 2.45) is 0 Å². The molecule has 0 aliphatic carbocycles. The Kier molecular flexibility index (Phi) is 4.28. The van der Waals surface area contributed by atoms with E-state index in [9.17, 15) is 9.90 Å². The summed E-state index contributed by atoms with van der Waals surface area (Å²) < 4.78 is 0. The van der Waals surface area contributed by atoms with Crippen LogP contribution in [0.3, 0.4) is 0 Å². The van der Waals surface area contributed by atoms with E-state index >= 15 is 0 Å². The molecular weight excluding hydrogens is 261 g/mol. The van der Waals surface area contributed by atoms with Crippen LogP contribution in [0.25, 0.3) is 0 Å². The minimum Gasteiger partial charge on any atom is -0.508 e. The standard InChI is InChI=1S/C12H15Cl2NO2/c1-12(2,7-13)15(3)11(17)9-6-8(16)4-5-10(9)14/h4-6,16H,7H2,1-3H3. The van der Waals surface area contributed by atoms with E-state index in [1.165, 1.54) is 23.1 Å². The number of carbonyl (C=O) groups excluding carboxylic acids is 1. The first-order valence-corrected chi connectivity index (χ1v) is 6.03. The second kappa shape index (κ2) is 5.15. The summed E-state index contributed by atoms with van der Waals surface area (Å²) in [5.41, 5.74) is -0.208. The number of rotatable bonds is 3. The zero-order chi connectivity index (χ0) is 13.2. The summed E-state index contributed by atoms with van der Waals surface area (Å²) >= 11 is 11.8. The Morgan fingerprint density at radius 3 is 2.59 bits per heavy atom. The van der Waals surface area contributed by atoms with Crippen molar-refractivity contribution in [3.05, 3.63) is 28.8 Å². The van der Waals surface area contributed by atoms with Gasteiger partial charge >= 0.3 is 0 Å². The molecule has 1 amide bonds. The summed E-state index contributed by atoms with van der Waals surface area (Å²) in [6.07, 6.45) is 0. The molecule has 0 saturated carbocycles. The van der Waals surface area contributed by atoms with Crippen LogP contribution < -0.4 is 0 Å². The molecule has 17 heavy (non-hydrogen) atoms. The lowest BCUT2D eigenvalue weighted by Crippen LogP contribution is -2.46. The van der Waals surface area contributed by atoms with Gasteiger partial charge in [0.25, 0.3) is 5.91 Å². The predicted molar refractivity (Wildman–Crippen MR) is 70.0 cm³/mol. The van der Waals surface area contributed by atoms with Crippen LogP contribution in [0, 0.1) is 0 Å². The number of hydrogen-bond acceptors (Lipinski definition) is 2. The molecule has 0 heterocycles. The van der Waals surface area contributed by atoms with Gasteiger partial charge in [0.15, 0.2) is 0 Å². The van der Waals surface area contributed by atoms with Gasteiger partial charge in [-0.1, -0.05) is 11.6 Å². The molecule has 0 spiro atoms. The van der Waals surface area contributed by atoms with E-state index in [4.69, 9.17) is 23.2 Å². The predicted octanol–water partition coefficient (Wildman–Crippen LogP) is 3.14. The van der Waals surface area contributed by atoms with Gasteiger partial charge in [-0.3, -0.25) is 4.79 Å².